The third-order valence-corrected chi connectivity index (χ3v) is 4.32. The van der Waals surface area contributed by atoms with Gasteiger partial charge < -0.3 is 0 Å². The number of rotatable bonds is 6. The van der Waals surface area contributed by atoms with Crippen molar-refractivity contribution in [1.82, 2.24) is 4.72 Å². The summed E-state index contributed by atoms with van der Waals surface area (Å²) in [6, 6.07) is 6.87. The van der Waals surface area contributed by atoms with Crippen LogP contribution in [0.3, 0.4) is 0 Å². The van der Waals surface area contributed by atoms with Gasteiger partial charge in [-0.2, -0.15) is 11.8 Å². The Labute approximate surface area is 102 Å². The topological polar surface area (TPSA) is 46.2 Å². The lowest BCUT2D eigenvalue weighted by molar-refractivity contribution is 0.581. The molecule has 0 heterocycles. The van der Waals surface area contributed by atoms with Gasteiger partial charge in [-0.1, -0.05) is 17.7 Å². The normalized spacial score (nSPS) is 11.6. The zero-order valence-corrected chi connectivity index (χ0v) is 11.2. The van der Waals surface area contributed by atoms with Crippen molar-refractivity contribution < 1.29 is 8.42 Å². The van der Waals surface area contributed by atoms with Crippen molar-refractivity contribution in [2.24, 2.45) is 0 Å². The highest BCUT2D eigenvalue weighted by atomic mass is 32.2. The van der Waals surface area contributed by atoms with Gasteiger partial charge in [0.2, 0.25) is 10.0 Å². The quantitative estimate of drug-likeness (QED) is 0.795. The fourth-order valence-electron chi connectivity index (χ4n) is 1.22. The summed E-state index contributed by atoms with van der Waals surface area (Å²) in [5.41, 5.74) is 1.06. The molecule has 0 unspecified atom stereocenters. The van der Waals surface area contributed by atoms with Crippen LogP contribution in [0.5, 0.6) is 0 Å². The zero-order valence-electron chi connectivity index (χ0n) is 9.56. The van der Waals surface area contributed by atoms with Crippen LogP contribution in [0.1, 0.15) is 12.0 Å². The number of thioether (sulfide) groups is 1. The van der Waals surface area contributed by atoms with Gasteiger partial charge in [0.05, 0.1) is 4.90 Å². The molecule has 1 N–H and O–H groups in total. The minimum Gasteiger partial charge on any atom is -0.211 e. The van der Waals surface area contributed by atoms with E-state index in [-0.39, 0.29) is 0 Å². The van der Waals surface area contributed by atoms with Crippen LogP contribution in [0, 0.1) is 6.92 Å². The average molecular weight is 259 g/mol. The van der Waals surface area contributed by atoms with Crippen molar-refractivity contribution in [2.45, 2.75) is 18.2 Å². The minimum atomic E-state index is -3.32. The molecule has 16 heavy (non-hydrogen) atoms. The molecule has 0 radical (unpaired) electrons. The minimum absolute atomic E-state index is 0.335. The second-order valence-corrected chi connectivity index (χ2v) is 6.31. The van der Waals surface area contributed by atoms with E-state index in [1.165, 1.54) is 0 Å². The van der Waals surface area contributed by atoms with Gasteiger partial charge in [-0.3, -0.25) is 0 Å². The summed E-state index contributed by atoms with van der Waals surface area (Å²) in [4.78, 5) is 0.335. The molecule has 0 bridgehead atoms. The number of sulfonamides is 1. The van der Waals surface area contributed by atoms with Crippen molar-refractivity contribution in [2.75, 3.05) is 18.6 Å². The van der Waals surface area contributed by atoms with E-state index >= 15 is 0 Å². The largest absolute Gasteiger partial charge is 0.240 e. The number of hydrogen-bond acceptors (Lipinski definition) is 3. The first kappa shape index (κ1) is 13.5. The van der Waals surface area contributed by atoms with Gasteiger partial charge >= 0.3 is 0 Å². The number of nitrogens with one attached hydrogen (secondary N) is 1. The first-order chi connectivity index (χ1) is 7.56. The Morgan fingerprint density at radius 2 is 1.88 bits per heavy atom. The fourth-order valence-corrected chi connectivity index (χ4v) is 2.73. The van der Waals surface area contributed by atoms with Gasteiger partial charge in [-0.25, -0.2) is 13.1 Å². The second-order valence-electron chi connectivity index (χ2n) is 3.56. The maximum Gasteiger partial charge on any atom is 0.240 e. The molecule has 90 valence electrons. The number of aryl methyl sites for hydroxylation is 1. The highest BCUT2D eigenvalue weighted by Gasteiger charge is 2.11. The standard InChI is InChI=1S/C11H17NO2S2/c1-10-4-6-11(7-5-10)16(13,14)12-8-3-9-15-2/h4-7,12H,3,8-9H2,1-2H3. The second kappa shape index (κ2) is 6.27. The van der Waals surface area contributed by atoms with E-state index in [4.69, 9.17) is 0 Å². The Bertz CT molecular complexity index is 412. The van der Waals surface area contributed by atoms with Crippen LogP contribution in [0.15, 0.2) is 29.2 Å². The summed E-state index contributed by atoms with van der Waals surface area (Å²) in [5.74, 6) is 0.969. The highest BCUT2D eigenvalue weighted by molar-refractivity contribution is 7.98. The molecular weight excluding hydrogens is 242 g/mol. The molecule has 0 aliphatic carbocycles. The summed E-state index contributed by atoms with van der Waals surface area (Å²) in [5, 5.41) is 0. The third kappa shape index (κ3) is 4.15. The Hall–Kier alpha value is -0.520. The molecule has 1 rings (SSSR count). The molecule has 0 fully saturated rings. The molecule has 1 aromatic carbocycles. The molecule has 0 spiro atoms. The molecule has 0 saturated carbocycles. The summed E-state index contributed by atoms with van der Waals surface area (Å²) in [6.07, 6.45) is 2.86. The molecule has 0 atom stereocenters. The van der Waals surface area contributed by atoms with Crippen molar-refractivity contribution in [3.8, 4) is 0 Å². The van der Waals surface area contributed by atoms with E-state index in [0.29, 0.717) is 11.4 Å². The van der Waals surface area contributed by atoms with Gasteiger partial charge in [0.1, 0.15) is 0 Å². The van der Waals surface area contributed by atoms with E-state index in [0.717, 1.165) is 17.7 Å². The van der Waals surface area contributed by atoms with Crippen molar-refractivity contribution >= 4 is 21.8 Å². The molecule has 0 saturated heterocycles. The molecule has 0 aliphatic rings. The predicted molar refractivity (Wildman–Crippen MR) is 69.4 cm³/mol. The lowest BCUT2D eigenvalue weighted by Crippen LogP contribution is -2.25. The van der Waals surface area contributed by atoms with E-state index in [2.05, 4.69) is 4.72 Å². The van der Waals surface area contributed by atoms with E-state index < -0.39 is 10.0 Å². The first-order valence-corrected chi connectivity index (χ1v) is 7.99. The molecular formula is C11H17NO2S2. The zero-order chi connectivity index (χ0) is 12.0. The third-order valence-electron chi connectivity index (χ3n) is 2.15. The molecule has 0 aromatic heterocycles. The van der Waals surface area contributed by atoms with Crippen LogP contribution < -0.4 is 4.72 Å². The maximum absolute atomic E-state index is 11.8. The molecule has 5 heteroatoms. The van der Waals surface area contributed by atoms with Crippen LogP contribution in [-0.2, 0) is 10.0 Å². The van der Waals surface area contributed by atoms with E-state index in [9.17, 15) is 8.42 Å². The average Bonchev–Trinajstić information content (AvgIpc) is 2.25. The Kier molecular flexibility index (Phi) is 5.31. The number of hydrogen-bond donors (Lipinski definition) is 1. The summed E-state index contributed by atoms with van der Waals surface area (Å²) in [6.45, 7) is 2.43. The summed E-state index contributed by atoms with van der Waals surface area (Å²) < 4.78 is 26.2. The van der Waals surface area contributed by atoms with Crippen LogP contribution in [0.25, 0.3) is 0 Å². The lowest BCUT2D eigenvalue weighted by Gasteiger charge is -2.06. The van der Waals surface area contributed by atoms with Gasteiger partial charge in [-0.15, -0.1) is 0 Å². The van der Waals surface area contributed by atoms with E-state index in [1.807, 2.05) is 13.2 Å². The van der Waals surface area contributed by atoms with Gasteiger partial charge in [-0.05, 0) is 37.5 Å². The predicted octanol–water partition coefficient (Wildman–Crippen LogP) is 2.03. The first-order valence-electron chi connectivity index (χ1n) is 5.11. The summed E-state index contributed by atoms with van der Waals surface area (Å²) in [7, 11) is -3.32. The molecule has 0 aliphatic heterocycles. The molecule has 3 nitrogen and oxygen atoms in total. The Balaban J connectivity index is 2.60. The van der Waals surface area contributed by atoms with Crippen molar-refractivity contribution in [3.05, 3.63) is 29.8 Å². The van der Waals surface area contributed by atoms with Crippen LogP contribution in [-0.4, -0.2) is 27.0 Å². The molecule has 0 amide bonds. The maximum atomic E-state index is 11.8. The highest BCUT2D eigenvalue weighted by Crippen LogP contribution is 2.09. The van der Waals surface area contributed by atoms with Crippen LogP contribution in [0.2, 0.25) is 0 Å². The van der Waals surface area contributed by atoms with Gasteiger partial charge in [0, 0.05) is 6.54 Å². The fraction of sp³-hybridized carbons (Fsp3) is 0.455. The lowest BCUT2D eigenvalue weighted by atomic mass is 10.2. The van der Waals surface area contributed by atoms with E-state index in [1.54, 1.807) is 36.0 Å². The monoisotopic (exact) mass is 259 g/mol. The Morgan fingerprint density at radius 3 is 2.44 bits per heavy atom. The number of benzene rings is 1. The smallest absolute Gasteiger partial charge is 0.211 e. The van der Waals surface area contributed by atoms with Crippen LogP contribution >= 0.6 is 11.8 Å². The SMILES string of the molecule is CSCCCNS(=O)(=O)c1ccc(C)cc1. The van der Waals surface area contributed by atoms with Crippen molar-refractivity contribution in [3.63, 3.8) is 0 Å². The van der Waals surface area contributed by atoms with Crippen LogP contribution in [0.4, 0.5) is 0 Å². The summed E-state index contributed by atoms with van der Waals surface area (Å²) >= 11 is 1.72. The Morgan fingerprint density at radius 1 is 1.25 bits per heavy atom. The van der Waals surface area contributed by atoms with Gasteiger partial charge in [0.15, 0.2) is 0 Å². The van der Waals surface area contributed by atoms with Crippen molar-refractivity contribution in [1.29, 1.82) is 0 Å². The van der Waals surface area contributed by atoms with Gasteiger partial charge in [0.25, 0.3) is 0 Å². The molecule has 1 aromatic rings.